The summed E-state index contributed by atoms with van der Waals surface area (Å²) in [6.07, 6.45) is 3.91. The van der Waals surface area contributed by atoms with E-state index < -0.39 is 5.60 Å². The van der Waals surface area contributed by atoms with Crippen LogP contribution in [-0.2, 0) is 9.53 Å². The third kappa shape index (κ3) is 3.98. The predicted octanol–water partition coefficient (Wildman–Crippen LogP) is 3.78. The molecule has 2 heterocycles. The third-order valence-electron chi connectivity index (χ3n) is 4.26. The second-order valence-corrected chi connectivity index (χ2v) is 8.21. The number of rotatable bonds is 3. The van der Waals surface area contributed by atoms with Crippen molar-refractivity contribution in [3.8, 4) is 0 Å². The van der Waals surface area contributed by atoms with Crippen LogP contribution in [0.1, 0.15) is 39.7 Å². The Kier molecular flexibility index (Phi) is 4.97. The van der Waals surface area contributed by atoms with Crippen LogP contribution in [0.15, 0.2) is 28.9 Å². The van der Waals surface area contributed by atoms with Crippen LogP contribution < -0.4 is 0 Å². The van der Waals surface area contributed by atoms with Gasteiger partial charge in [0.2, 0.25) is 0 Å². The molecule has 1 aromatic carbocycles. The monoisotopic (exact) mass is 393 g/mol. The van der Waals surface area contributed by atoms with E-state index in [0.717, 1.165) is 41.3 Å². The zero-order chi connectivity index (χ0) is 17.3. The normalized spacial score (nSPS) is 17.3. The lowest BCUT2D eigenvalue weighted by atomic mass is 10.0. The Bertz CT molecular complexity index is 727. The number of nitrogens with zero attached hydrogens (tertiary/aromatic N) is 3. The van der Waals surface area contributed by atoms with Crippen molar-refractivity contribution < 1.29 is 9.53 Å². The summed E-state index contributed by atoms with van der Waals surface area (Å²) in [6, 6.07) is 6.58. The fourth-order valence-electron chi connectivity index (χ4n) is 3.20. The van der Waals surface area contributed by atoms with Gasteiger partial charge in [0.15, 0.2) is 0 Å². The summed E-state index contributed by atoms with van der Waals surface area (Å²) in [6.45, 7) is 7.85. The van der Waals surface area contributed by atoms with Crippen molar-refractivity contribution in [3.05, 3.63) is 28.9 Å². The molecule has 0 N–H and O–H groups in total. The number of likely N-dealkylation sites (tertiary alicyclic amines) is 1. The fourth-order valence-corrected chi connectivity index (χ4v) is 3.66. The van der Waals surface area contributed by atoms with Crippen LogP contribution in [0.2, 0.25) is 0 Å². The number of carbonyl (C=O) groups excluding carboxylic acids is 1. The van der Waals surface area contributed by atoms with E-state index in [0.29, 0.717) is 12.6 Å². The summed E-state index contributed by atoms with van der Waals surface area (Å²) in [7, 11) is 0. The van der Waals surface area contributed by atoms with Crippen LogP contribution in [0.5, 0.6) is 0 Å². The van der Waals surface area contributed by atoms with Crippen molar-refractivity contribution in [3.63, 3.8) is 0 Å². The molecule has 0 atom stereocenters. The highest BCUT2D eigenvalue weighted by molar-refractivity contribution is 9.10. The van der Waals surface area contributed by atoms with E-state index in [4.69, 9.17) is 4.74 Å². The number of piperidine rings is 1. The highest BCUT2D eigenvalue weighted by atomic mass is 79.9. The molecule has 0 bridgehead atoms. The van der Waals surface area contributed by atoms with Gasteiger partial charge in [0.25, 0.3) is 0 Å². The molecule has 0 unspecified atom stereocenters. The Hall–Kier alpha value is -1.40. The molecule has 1 aliphatic heterocycles. The van der Waals surface area contributed by atoms with Crippen LogP contribution in [0.4, 0.5) is 0 Å². The second kappa shape index (κ2) is 6.84. The molecular weight excluding hydrogens is 370 g/mol. The lowest BCUT2D eigenvalue weighted by molar-refractivity contribution is -0.156. The molecule has 0 aliphatic carbocycles. The lowest BCUT2D eigenvalue weighted by Crippen LogP contribution is -2.40. The number of carbonyl (C=O) groups is 1. The van der Waals surface area contributed by atoms with E-state index in [1.807, 2.05) is 39.1 Å². The average Bonchev–Trinajstić information content (AvgIpc) is 2.91. The fraction of sp³-hybridized carbons (Fsp3) is 0.556. The van der Waals surface area contributed by atoms with Crippen molar-refractivity contribution in [1.29, 1.82) is 0 Å². The van der Waals surface area contributed by atoms with Crippen LogP contribution in [0.25, 0.3) is 10.9 Å². The molecule has 1 aromatic heterocycles. The van der Waals surface area contributed by atoms with Gasteiger partial charge in [-0.05, 0) is 45.7 Å². The zero-order valence-corrected chi connectivity index (χ0v) is 16.0. The molecule has 1 saturated heterocycles. The Labute approximate surface area is 151 Å². The van der Waals surface area contributed by atoms with E-state index in [1.54, 1.807) is 0 Å². The van der Waals surface area contributed by atoms with Crippen molar-refractivity contribution in [2.75, 3.05) is 19.6 Å². The summed E-state index contributed by atoms with van der Waals surface area (Å²) in [5, 5.41) is 5.74. The molecule has 6 heteroatoms. The Morgan fingerprint density at radius 3 is 2.71 bits per heavy atom. The minimum atomic E-state index is -0.420. The van der Waals surface area contributed by atoms with Gasteiger partial charge in [-0.1, -0.05) is 22.0 Å². The lowest BCUT2D eigenvalue weighted by Gasteiger charge is -2.32. The van der Waals surface area contributed by atoms with E-state index in [2.05, 4.69) is 36.7 Å². The first kappa shape index (κ1) is 17.4. The first-order valence-corrected chi connectivity index (χ1v) is 9.19. The van der Waals surface area contributed by atoms with Gasteiger partial charge in [-0.15, -0.1) is 0 Å². The van der Waals surface area contributed by atoms with Gasteiger partial charge in [-0.3, -0.25) is 14.4 Å². The number of fused-ring (bicyclic) bond motifs is 1. The Morgan fingerprint density at radius 2 is 2.04 bits per heavy atom. The summed E-state index contributed by atoms with van der Waals surface area (Å²) >= 11 is 3.58. The van der Waals surface area contributed by atoms with Gasteiger partial charge in [0, 0.05) is 22.9 Å². The van der Waals surface area contributed by atoms with Crippen LogP contribution >= 0.6 is 15.9 Å². The molecule has 2 aromatic rings. The van der Waals surface area contributed by atoms with Gasteiger partial charge in [0.05, 0.1) is 24.3 Å². The Balaban J connectivity index is 1.61. The maximum atomic E-state index is 12.0. The van der Waals surface area contributed by atoms with E-state index >= 15 is 0 Å². The second-order valence-electron chi connectivity index (χ2n) is 7.36. The molecule has 0 radical (unpaired) electrons. The van der Waals surface area contributed by atoms with Crippen LogP contribution in [-0.4, -0.2) is 45.9 Å². The zero-order valence-electron chi connectivity index (χ0n) is 14.5. The molecule has 130 valence electrons. The number of aromatic nitrogens is 2. The number of halogens is 1. The number of benzene rings is 1. The maximum Gasteiger partial charge on any atom is 0.320 e. The third-order valence-corrected chi connectivity index (χ3v) is 4.96. The molecule has 1 fully saturated rings. The van der Waals surface area contributed by atoms with Crippen molar-refractivity contribution in [2.45, 2.75) is 45.3 Å². The van der Waals surface area contributed by atoms with Gasteiger partial charge in [-0.25, -0.2) is 0 Å². The minimum absolute atomic E-state index is 0.144. The molecular formula is C18H24BrN3O2. The van der Waals surface area contributed by atoms with Gasteiger partial charge < -0.3 is 4.74 Å². The molecule has 24 heavy (non-hydrogen) atoms. The number of esters is 1. The van der Waals surface area contributed by atoms with Crippen LogP contribution in [0, 0.1) is 0 Å². The molecule has 0 spiro atoms. The van der Waals surface area contributed by atoms with Gasteiger partial charge in [-0.2, -0.15) is 5.10 Å². The highest BCUT2D eigenvalue weighted by Gasteiger charge is 2.25. The molecule has 3 rings (SSSR count). The number of hydrogen-bond donors (Lipinski definition) is 0. The first-order valence-electron chi connectivity index (χ1n) is 8.39. The summed E-state index contributed by atoms with van der Waals surface area (Å²) in [4.78, 5) is 14.1. The minimum Gasteiger partial charge on any atom is -0.459 e. The quantitative estimate of drug-likeness (QED) is 0.744. The van der Waals surface area contributed by atoms with E-state index in [1.165, 1.54) is 0 Å². The van der Waals surface area contributed by atoms with E-state index in [-0.39, 0.29) is 5.97 Å². The largest absolute Gasteiger partial charge is 0.459 e. The van der Waals surface area contributed by atoms with Crippen molar-refractivity contribution >= 4 is 32.8 Å². The average molecular weight is 394 g/mol. The maximum absolute atomic E-state index is 12.0. The highest BCUT2D eigenvalue weighted by Crippen LogP contribution is 2.29. The molecule has 1 aliphatic rings. The van der Waals surface area contributed by atoms with Crippen LogP contribution in [0.3, 0.4) is 0 Å². The first-order chi connectivity index (χ1) is 11.3. The Morgan fingerprint density at radius 1 is 1.33 bits per heavy atom. The molecule has 0 saturated carbocycles. The molecule has 5 nitrogen and oxygen atoms in total. The smallest absolute Gasteiger partial charge is 0.320 e. The van der Waals surface area contributed by atoms with E-state index in [9.17, 15) is 4.79 Å². The van der Waals surface area contributed by atoms with Crippen molar-refractivity contribution in [1.82, 2.24) is 14.7 Å². The van der Waals surface area contributed by atoms with Crippen molar-refractivity contribution in [2.24, 2.45) is 0 Å². The SMILES string of the molecule is CC(C)(C)OC(=O)CN1CCC(n2ncc3c(Br)cccc32)CC1. The van der Waals surface area contributed by atoms with Gasteiger partial charge >= 0.3 is 5.97 Å². The van der Waals surface area contributed by atoms with Gasteiger partial charge in [0.1, 0.15) is 5.60 Å². The molecule has 0 amide bonds. The number of hydrogen-bond acceptors (Lipinski definition) is 4. The topological polar surface area (TPSA) is 47.4 Å². The standard InChI is InChI=1S/C18H24BrN3O2/c1-18(2,3)24-17(23)12-21-9-7-13(8-10-21)22-16-6-4-5-15(19)14(16)11-20-22/h4-6,11,13H,7-10,12H2,1-3H3. The predicted molar refractivity (Wildman–Crippen MR) is 98.0 cm³/mol. The summed E-state index contributed by atoms with van der Waals surface area (Å²) in [5.74, 6) is -0.144. The number of ether oxygens (including phenoxy) is 1. The summed E-state index contributed by atoms with van der Waals surface area (Å²) < 4.78 is 8.61. The summed E-state index contributed by atoms with van der Waals surface area (Å²) in [5.41, 5.74) is 0.742.